The molecule has 16 heteroatoms. The zero-order valence-corrected chi connectivity index (χ0v) is 26.7. The minimum atomic E-state index is -1.33. The SMILES string of the molecule is COc1cc(/C=C/C(=O)CC(=O)/C=C/c2ccc(OC(=O)CNC(=O)C(Cl)Cl)c(OC)c2)ccc1OC(=O)CNC(=O)C(Cl)Cl. The fourth-order valence-electron chi connectivity index (χ4n) is 3.20. The van der Waals surface area contributed by atoms with Gasteiger partial charge in [0.15, 0.2) is 44.2 Å². The molecular weight excluding hydrogens is 678 g/mol. The molecule has 0 atom stereocenters. The lowest BCUT2D eigenvalue weighted by molar-refractivity contribution is -0.135. The number of hydrogen-bond acceptors (Lipinski definition) is 10. The molecule has 0 aromatic heterocycles. The number of halogens is 4. The molecule has 2 aromatic rings. The first-order valence-corrected chi connectivity index (χ1v) is 14.4. The largest absolute Gasteiger partial charge is 0.493 e. The highest BCUT2D eigenvalue weighted by atomic mass is 35.5. The summed E-state index contributed by atoms with van der Waals surface area (Å²) in [6, 6.07) is 8.94. The van der Waals surface area contributed by atoms with Crippen LogP contribution in [0.4, 0.5) is 0 Å². The van der Waals surface area contributed by atoms with Crippen molar-refractivity contribution in [1.82, 2.24) is 10.6 Å². The molecule has 45 heavy (non-hydrogen) atoms. The molecule has 0 bridgehead atoms. The summed E-state index contributed by atoms with van der Waals surface area (Å²) in [6.07, 6.45) is 4.92. The molecule has 2 N–H and O–H groups in total. The molecule has 2 amide bonds. The van der Waals surface area contributed by atoms with Crippen molar-refractivity contribution >= 4 is 93.9 Å². The Morgan fingerprint density at radius 3 is 1.36 bits per heavy atom. The Labute approximate surface area is 277 Å². The summed E-state index contributed by atoms with van der Waals surface area (Å²) < 4.78 is 20.8. The van der Waals surface area contributed by atoms with E-state index in [1.807, 2.05) is 0 Å². The Bertz CT molecular complexity index is 1380. The van der Waals surface area contributed by atoms with Crippen LogP contribution in [0.25, 0.3) is 12.2 Å². The monoisotopic (exact) mass is 702 g/mol. The molecule has 0 aliphatic carbocycles. The average molecular weight is 704 g/mol. The van der Waals surface area contributed by atoms with Crippen LogP contribution < -0.4 is 29.6 Å². The van der Waals surface area contributed by atoms with E-state index in [0.717, 1.165) is 0 Å². The highest BCUT2D eigenvalue weighted by Crippen LogP contribution is 2.30. The van der Waals surface area contributed by atoms with E-state index in [9.17, 15) is 28.8 Å². The first-order valence-electron chi connectivity index (χ1n) is 12.6. The van der Waals surface area contributed by atoms with Crippen molar-refractivity contribution < 1.29 is 47.7 Å². The zero-order valence-electron chi connectivity index (χ0n) is 23.6. The molecule has 240 valence electrons. The summed E-state index contributed by atoms with van der Waals surface area (Å²) in [5.41, 5.74) is 1.03. The highest BCUT2D eigenvalue weighted by molar-refractivity contribution is 6.54. The van der Waals surface area contributed by atoms with Gasteiger partial charge in [-0.15, -0.1) is 0 Å². The van der Waals surface area contributed by atoms with Crippen molar-refractivity contribution in [2.75, 3.05) is 27.3 Å². The van der Waals surface area contributed by atoms with E-state index < -0.39 is 64.5 Å². The molecular formula is C29H26Cl4N2O10. The van der Waals surface area contributed by atoms with Gasteiger partial charge in [-0.1, -0.05) is 70.7 Å². The summed E-state index contributed by atoms with van der Waals surface area (Å²) in [5, 5.41) is 4.40. The van der Waals surface area contributed by atoms with Gasteiger partial charge in [0.05, 0.1) is 20.6 Å². The van der Waals surface area contributed by atoms with Gasteiger partial charge in [0.1, 0.15) is 13.1 Å². The van der Waals surface area contributed by atoms with Crippen LogP contribution in [0.15, 0.2) is 48.6 Å². The molecule has 12 nitrogen and oxygen atoms in total. The second-order valence-electron chi connectivity index (χ2n) is 8.58. The average Bonchev–Trinajstić information content (AvgIpc) is 3.01. The number of allylic oxidation sites excluding steroid dienone is 2. The topological polar surface area (TPSA) is 163 Å². The van der Waals surface area contributed by atoms with Crippen molar-refractivity contribution in [2.24, 2.45) is 0 Å². The summed E-state index contributed by atoms with van der Waals surface area (Å²) in [6.45, 7) is -0.947. The first kappa shape index (κ1) is 37.1. The van der Waals surface area contributed by atoms with Gasteiger partial charge in [-0.3, -0.25) is 19.2 Å². The molecule has 0 saturated carbocycles. The number of alkyl halides is 4. The molecule has 0 spiro atoms. The molecule has 0 saturated heterocycles. The van der Waals surface area contributed by atoms with E-state index in [1.54, 1.807) is 12.1 Å². The Balaban J connectivity index is 1.94. The quantitative estimate of drug-likeness (QED) is 0.0868. The maximum Gasteiger partial charge on any atom is 0.330 e. The van der Waals surface area contributed by atoms with Crippen molar-refractivity contribution in [3.8, 4) is 23.0 Å². The summed E-state index contributed by atoms with van der Waals surface area (Å²) in [7, 11) is 2.70. The highest BCUT2D eigenvalue weighted by Gasteiger charge is 2.17. The number of carbonyl (C=O) groups is 6. The summed E-state index contributed by atoms with van der Waals surface area (Å²) in [4.78, 5) is 68.8. The van der Waals surface area contributed by atoms with E-state index in [4.69, 9.17) is 65.4 Å². The Kier molecular flexibility index (Phi) is 15.4. The third kappa shape index (κ3) is 13.2. The Morgan fingerprint density at radius 2 is 1.02 bits per heavy atom. The van der Waals surface area contributed by atoms with Crippen LogP contribution in [0, 0.1) is 0 Å². The summed E-state index contributed by atoms with van der Waals surface area (Å²) >= 11 is 21.6. The number of carbonyl (C=O) groups excluding carboxylic acids is 6. The molecule has 2 aromatic carbocycles. The van der Waals surface area contributed by atoms with Crippen LogP contribution in [0.3, 0.4) is 0 Å². The van der Waals surface area contributed by atoms with Gasteiger partial charge in [-0.2, -0.15) is 0 Å². The van der Waals surface area contributed by atoms with Gasteiger partial charge in [0.25, 0.3) is 11.8 Å². The minimum Gasteiger partial charge on any atom is -0.493 e. The van der Waals surface area contributed by atoms with Gasteiger partial charge in [-0.05, 0) is 47.5 Å². The molecule has 0 radical (unpaired) electrons. The third-order valence-electron chi connectivity index (χ3n) is 5.31. The normalized spacial score (nSPS) is 11.0. The number of ether oxygens (including phenoxy) is 4. The molecule has 0 unspecified atom stereocenters. The molecule has 0 heterocycles. The maximum absolute atomic E-state index is 12.4. The van der Waals surface area contributed by atoms with Gasteiger partial charge < -0.3 is 29.6 Å². The molecule has 2 rings (SSSR count). The number of nitrogens with one attached hydrogen (secondary N) is 2. The smallest absolute Gasteiger partial charge is 0.330 e. The standard InChI is InChI=1S/C29H26Cl4N2O10/c1-42-22-11-16(5-9-20(22)44-24(38)14-34-28(40)26(30)31)3-7-18(36)13-19(37)8-4-17-6-10-21(23(12-17)43-2)45-25(39)15-35-29(41)27(32)33/h3-12,26-27H,13-15H2,1-2H3,(H,34,40)(H,35,41)/b7-3+,8-4+. The number of benzene rings is 2. The third-order valence-corrected chi connectivity index (χ3v) is 6.10. The lowest BCUT2D eigenvalue weighted by atomic mass is 10.1. The maximum atomic E-state index is 12.4. The second kappa shape index (κ2) is 18.6. The van der Waals surface area contributed by atoms with Crippen molar-refractivity contribution in [1.29, 1.82) is 0 Å². The van der Waals surface area contributed by atoms with E-state index in [0.29, 0.717) is 11.1 Å². The fraction of sp³-hybridized carbons (Fsp3) is 0.241. The van der Waals surface area contributed by atoms with Crippen LogP contribution in [0.5, 0.6) is 23.0 Å². The van der Waals surface area contributed by atoms with Crippen LogP contribution in [-0.4, -0.2) is 72.3 Å². The number of methoxy groups -OCH3 is 2. The van der Waals surface area contributed by atoms with Crippen molar-refractivity contribution in [3.63, 3.8) is 0 Å². The van der Waals surface area contributed by atoms with Gasteiger partial charge in [0.2, 0.25) is 0 Å². The van der Waals surface area contributed by atoms with Gasteiger partial charge in [0, 0.05) is 0 Å². The lowest BCUT2D eigenvalue weighted by Crippen LogP contribution is -2.35. The van der Waals surface area contributed by atoms with E-state index in [1.165, 1.54) is 62.8 Å². The van der Waals surface area contributed by atoms with E-state index in [-0.39, 0.29) is 23.0 Å². The Morgan fingerprint density at radius 1 is 0.644 bits per heavy atom. The van der Waals surface area contributed by atoms with Crippen molar-refractivity contribution in [3.05, 3.63) is 59.7 Å². The number of esters is 2. The van der Waals surface area contributed by atoms with Crippen LogP contribution >= 0.6 is 46.4 Å². The number of hydrogen-bond donors (Lipinski definition) is 2. The lowest BCUT2D eigenvalue weighted by Gasteiger charge is -2.10. The van der Waals surface area contributed by atoms with E-state index >= 15 is 0 Å². The minimum absolute atomic E-state index is 0.0670. The predicted octanol–water partition coefficient (Wildman–Crippen LogP) is 3.61. The molecule has 0 aliphatic heterocycles. The summed E-state index contributed by atoms with van der Waals surface area (Å²) in [5.74, 6) is -3.57. The fourth-order valence-corrected chi connectivity index (χ4v) is 3.51. The number of rotatable bonds is 16. The zero-order chi connectivity index (χ0) is 33.5. The van der Waals surface area contributed by atoms with Crippen LogP contribution in [0.1, 0.15) is 17.5 Å². The Hall–Kier alpha value is -4.10. The first-order chi connectivity index (χ1) is 21.3. The predicted molar refractivity (Wildman–Crippen MR) is 167 cm³/mol. The number of amides is 2. The molecule has 0 aliphatic rings. The van der Waals surface area contributed by atoms with Crippen LogP contribution in [0.2, 0.25) is 0 Å². The van der Waals surface area contributed by atoms with Crippen molar-refractivity contribution in [2.45, 2.75) is 16.1 Å². The van der Waals surface area contributed by atoms with E-state index in [2.05, 4.69) is 10.6 Å². The van der Waals surface area contributed by atoms with Gasteiger partial charge in [-0.25, -0.2) is 9.59 Å². The molecule has 0 fully saturated rings. The van der Waals surface area contributed by atoms with Gasteiger partial charge >= 0.3 is 11.9 Å². The number of ketones is 2. The second-order valence-corrected chi connectivity index (χ2v) is 10.8. The van der Waals surface area contributed by atoms with Crippen LogP contribution in [-0.2, 0) is 28.8 Å².